The number of amides is 3. The molecule has 3 amide bonds. The summed E-state index contributed by atoms with van der Waals surface area (Å²) < 4.78 is 32.2. The highest BCUT2D eigenvalue weighted by atomic mass is 32.2. The van der Waals surface area contributed by atoms with Crippen LogP contribution in [0.4, 0.5) is 0 Å². The van der Waals surface area contributed by atoms with Crippen LogP contribution in [0.25, 0.3) is 0 Å². The van der Waals surface area contributed by atoms with E-state index >= 15 is 0 Å². The number of nitrogens with one attached hydrogen (secondary N) is 1. The minimum atomic E-state index is -3.48. The van der Waals surface area contributed by atoms with Crippen LogP contribution in [-0.2, 0) is 30.4 Å². The van der Waals surface area contributed by atoms with Gasteiger partial charge in [-0.15, -0.1) is 0 Å². The van der Waals surface area contributed by atoms with Crippen LogP contribution in [0.5, 0.6) is 5.75 Å². The molecule has 0 bridgehead atoms. The number of fused-ring (bicyclic) bond motifs is 1. The molecule has 0 aliphatic carbocycles. The molecule has 2 aliphatic heterocycles. The van der Waals surface area contributed by atoms with Crippen LogP contribution < -0.4 is 10.1 Å². The van der Waals surface area contributed by atoms with Gasteiger partial charge >= 0.3 is 0 Å². The zero-order chi connectivity index (χ0) is 19.6. The van der Waals surface area contributed by atoms with Gasteiger partial charge in [0.25, 0.3) is 16.0 Å². The molecule has 2 heterocycles. The maximum absolute atomic E-state index is 12.7. The van der Waals surface area contributed by atoms with E-state index in [9.17, 15) is 22.8 Å². The van der Waals surface area contributed by atoms with Crippen molar-refractivity contribution in [2.45, 2.75) is 31.8 Å². The van der Waals surface area contributed by atoms with Crippen LogP contribution in [0.1, 0.15) is 35.2 Å². The monoisotopic (exact) mass is 396 g/mol. The van der Waals surface area contributed by atoms with Gasteiger partial charge in [-0.05, 0) is 18.6 Å². The van der Waals surface area contributed by atoms with Crippen molar-refractivity contribution in [3.63, 3.8) is 0 Å². The quantitative estimate of drug-likeness (QED) is 0.397. The number of carbonyl (C=O) groups is 3. The Bertz CT molecular complexity index is 881. The third-order valence-corrected chi connectivity index (χ3v) is 4.98. The molecule has 2 aliphatic rings. The van der Waals surface area contributed by atoms with E-state index in [0.717, 1.165) is 6.26 Å². The summed E-state index contributed by atoms with van der Waals surface area (Å²) in [6.07, 6.45) is 1.83. The van der Waals surface area contributed by atoms with E-state index in [2.05, 4.69) is 9.50 Å². The number of carbonyl (C=O) groups excluding carboxylic acids is 3. The molecule has 3 rings (SSSR count). The number of rotatable bonds is 7. The molecule has 0 aromatic heterocycles. The Balaban J connectivity index is 1.65. The zero-order valence-electron chi connectivity index (χ0n) is 14.8. The number of ether oxygens (including phenoxy) is 1. The molecule has 1 unspecified atom stereocenters. The smallest absolute Gasteiger partial charge is 0.264 e. The molecular formula is C17H20N2O7S. The van der Waals surface area contributed by atoms with Crippen LogP contribution in [0, 0.1) is 0 Å². The summed E-state index contributed by atoms with van der Waals surface area (Å²) in [7, 11) is -3.48. The summed E-state index contributed by atoms with van der Waals surface area (Å²) in [6, 6.07) is 4.40. The Morgan fingerprint density at radius 2 is 2.00 bits per heavy atom. The van der Waals surface area contributed by atoms with Crippen LogP contribution >= 0.6 is 0 Å². The first-order valence-electron chi connectivity index (χ1n) is 8.50. The third kappa shape index (κ3) is 4.45. The first-order valence-corrected chi connectivity index (χ1v) is 10.3. The Hall–Kier alpha value is -2.46. The highest BCUT2D eigenvalue weighted by Crippen LogP contribution is 2.33. The molecule has 1 N–H and O–H groups in total. The van der Waals surface area contributed by atoms with Crippen molar-refractivity contribution < 1.29 is 31.7 Å². The van der Waals surface area contributed by atoms with E-state index in [4.69, 9.17) is 4.74 Å². The molecule has 10 heteroatoms. The second-order valence-corrected chi connectivity index (χ2v) is 8.05. The largest absolute Gasteiger partial charge is 0.493 e. The second-order valence-electron chi connectivity index (χ2n) is 6.41. The first kappa shape index (κ1) is 19.3. The third-order valence-electron chi connectivity index (χ3n) is 4.38. The molecular weight excluding hydrogens is 376 g/mol. The number of benzene rings is 1. The van der Waals surface area contributed by atoms with Crippen molar-refractivity contribution in [3.8, 4) is 5.75 Å². The number of nitrogens with zero attached hydrogens (tertiary/aromatic N) is 1. The molecule has 1 aromatic rings. The van der Waals surface area contributed by atoms with Gasteiger partial charge in [0.15, 0.2) is 0 Å². The molecule has 1 saturated heterocycles. The maximum atomic E-state index is 12.7. The summed E-state index contributed by atoms with van der Waals surface area (Å²) in [4.78, 5) is 37.5. The molecule has 27 heavy (non-hydrogen) atoms. The summed E-state index contributed by atoms with van der Waals surface area (Å²) in [5.41, 5.74) is 1.14. The van der Waals surface area contributed by atoms with Gasteiger partial charge in [-0.25, -0.2) is 0 Å². The van der Waals surface area contributed by atoms with Crippen molar-refractivity contribution in [1.82, 2.24) is 10.2 Å². The van der Waals surface area contributed by atoms with Crippen LogP contribution in [0.3, 0.4) is 0 Å². The fourth-order valence-corrected chi connectivity index (χ4v) is 3.56. The number of piperidine rings is 1. The van der Waals surface area contributed by atoms with Crippen molar-refractivity contribution in [2.75, 3.05) is 19.5 Å². The number of imide groups is 1. The molecule has 1 fully saturated rings. The molecule has 0 saturated carbocycles. The lowest BCUT2D eigenvalue weighted by atomic mass is 10.0. The summed E-state index contributed by atoms with van der Waals surface area (Å²) in [6.45, 7) is 0.449. The average Bonchev–Trinajstić information content (AvgIpc) is 2.91. The van der Waals surface area contributed by atoms with E-state index in [1.807, 2.05) is 0 Å². The van der Waals surface area contributed by atoms with Gasteiger partial charge in [0.2, 0.25) is 11.8 Å². The van der Waals surface area contributed by atoms with Crippen LogP contribution in [0.2, 0.25) is 0 Å². The minimum absolute atomic E-state index is 0.00911. The highest BCUT2D eigenvalue weighted by Gasteiger charge is 2.40. The van der Waals surface area contributed by atoms with E-state index in [0.29, 0.717) is 29.7 Å². The van der Waals surface area contributed by atoms with E-state index in [1.165, 1.54) is 4.90 Å². The van der Waals surface area contributed by atoms with Gasteiger partial charge in [-0.1, -0.05) is 6.07 Å². The van der Waals surface area contributed by atoms with Gasteiger partial charge in [-0.3, -0.25) is 23.9 Å². The van der Waals surface area contributed by atoms with Gasteiger partial charge < -0.3 is 9.64 Å². The normalized spacial score (nSPS) is 19.8. The van der Waals surface area contributed by atoms with E-state index in [1.54, 1.807) is 18.2 Å². The molecule has 1 atom stereocenters. The molecule has 0 radical (unpaired) electrons. The predicted molar refractivity (Wildman–Crippen MR) is 93.4 cm³/mol. The summed E-state index contributed by atoms with van der Waals surface area (Å²) in [5.74, 6) is -0.561. The van der Waals surface area contributed by atoms with E-state index < -0.39 is 22.1 Å². The highest BCUT2D eigenvalue weighted by molar-refractivity contribution is 7.85. The van der Waals surface area contributed by atoms with Gasteiger partial charge in [0.05, 0.1) is 26.0 Å². The van der Waals surface area contributed by atoms with Crippen molar-refractivity contribution >= 4 is 27.8 Å². The minimum Gasteiger partial charge on any atom is -0.493 e. The standard InChI is InChI=1S/C17H20N2O7S/c1-27(23,24)26-9-3-8-25-14-5-2-4-11-12(14)10-19(17(11)22)13-6-7-15(20)18-16(13)21/h2,4-5,13H,3,6-10H2,1H3,(H,18,20,21). The summed E-state index contributed by atoms with van der Waals surface area (Å²) >= 11 is 0. The van der Waals surface area contributed by atoms with Crippen molar-refractivity contribution in [2.24, 2.45) is 0 Å². The van der Waals surface area contributed by atoms with Crippen LogP contribution in [-0.4, -0.2) is 56.6 Å². The fraction of sp³-hybridized carbons (Fsp3) is 0.471. The Morgan fingerprint density at radius 3 is 2.70 bits per heavy atom. The molecule has 0 spiro atoms. The topological polar surface area (TPSA) is 119 Å². The lowest BCUT2D eigenvalue weighted by molar-refractivity contribution is -0.136. The predicted octanol–water partition coefficient (Wildman–Crippen LogP) is 0.193. The SMILES string of the molecule is CS(=O)(=O)OCCCOc1cccc2c1CN(C1CCC(=O)NC1=O)C2=O. The zero-order valence-corrected chi connectivity index (χ0v) is 15.6. The molecule has 1 aromatic carbocycles. The van der Waals surface area contributed by atoms with Gasteiger partial charge in [0.1, 0.15) is 11.8 Å². The second kappa shape index (κ2) is 7.65. The van der Waals surface area contributed by atoms with Gasteiger partial charge in [0, 0.05) is 24.0 Å². The molecule has 146 valence electrons. The lowest BCUT2D eigenvalue weighted by Gasteiger charge is -2.29. The van der Waals surface area contributed by atoms with Crippen molar-refractivity contribution in [1.29, 1.82) is 0 Å². The lowest BCUT2D eigenvalue weighted by Crippen LogP contribution is -2.52. The maximum Gasteiger partial charge on any atom is 0.264 e. The van der Waals surface area contributed by atoms with Crippen LogP contribution in [0.15, 0.2) is 18.2 Å². The first-order chi connectivity index (χ1) is 12.8. The van der Waals surface area contributed by atoms with Crippen molar-refractivity contribution in [3.05, 3.63) is 29.3 Å². The molecule has 9 nitrogen and oxygen atoms in total. The van der Waals surface area contributed by atoms with Gasteiger partial charge in [-0.2, -0.15) is 8.42 Å². The Kier molecular flexibility index (Phi) is 5.47. The Morgan fingerprint density at radius 1 is 1.22 bits per heavy atom. The number of hydrogen-bond acceptors (Lipinski definition) is 7. The fourth-order valence-electron chi connectivity index (χ4n) is 3.14. The number of hydrogen-bond donors (Lipinski definition) is 1. The summed E-state index contributed by atoms with van der Waals surface area (Å²) in [5, 5.41) is 2.26. The Labute approximate surface area is 156 Å². The van der Waals surface area contributed by atoms with E-state index in [-0.39, 0.29) is 38.0 Å². The average molecular weight is 396 g/mol.